The zero-order valence-corrected chi connectivity index (χ0v) is 10.1. The molecule has 0 aromatic carbocycles. The maximum Gasteiger partial charge on any atom is 0.252 e. The molecule has 3 rings (SSSR count). The molecule has 0 unspecified atom stereocenters. The minimum Gasteiger partial charge on any atom is -0.356 e. The summed E-state index contributed by atoms with van der Waals surface area (Å²) in [6.07, 6.45) is 9.65. The van der Waals surface area contributed by atoms with E-state index >= 15 is 0 Å². The standard InChI is InChI=1S/C13H19N3O/c17-12-9-11(14-10-15-12)16-7-5-13(6-8-16)3-1-2-4-13/h9-10H,1-8H2,(H,14,15,17). The number of nitrogens with zero attached hydrogens (tertiary/aromatic N) is 2. The Morgan fingerprint density at radius 3 is 2.53 bits per heavy atom. The van der Waals surface area contributed by atoms with E-state index in [0.717, 1.165) is 18.9 Å². The number of rotatable bonds is 1. The Hall–Kier alpha value is -1.32. The van der Waals surface area contributed by atoms with Gasteiger partial charge in [-0.1, -0.05) is 12.8 Å². The Bertz CT molecular complexity index is 438. The summed E-state index contributed by atoms with van der Waals surface area (Å²) in [5.74, 6) is 0.835. The lowest BCUT2D eigenvalue weighted by Gasteiger charge is -2.39. The van der Waals surface area contributed by atoms with Crippen molar-refractivity contribution in [2.24, 2.45) is 5.41 Å². The summed E-state index contributed by atoms with van der Waals surface area (Å²) in [7, 11) is 0. The third-order valence-corrected chi connectivity index (χ3v) is 4.48. The van der Waals surface area contributed by atoms with Crippen LogP contribution in [0, 0.1) is 5.41 Å². The van der Waals surface area contributed by atoms with Gasteiger partial charge in [-0.15, -0.1) is 0 Å². The SMILES string of the molecule is O=c1cc(N2CCC3(CCCC3)CC2)nc[nH]1. The largest absolute Gasteiger partial charge is 0.356 e. The van der Waals surface area contributed by atoms with Crippen molar-refractivity contribution in [2.75, 3.05) is 18.0 Å². The van der Waals surface area contributed by atoms with E-state index in [9.17, 15) is 4.79 Å². The van der Waals surface area contributed by atoms with Crippen molar-refractivity contribution < 1.29 is 0 Å². The molecule has 1 saturated heterocycles. The molecule has 1 saturated carbocycles. The second-order valence-electron chi connectivity index (χ2n) is 5.46. The monoisotopic (exact) mass is 233 g/mol. The maximum absolute atomic E-state index is 11.3. The predicted molar refractivity (Wildman–Crippen MR) is 67.2 cm³/mol. The highest BCUT2D eigenvalue weighted by atomic mass is 16.1. The topological polar surface area (TPSA) is 49.0 Å². The zero-order valence-electron chi connectivity index (χ0n) is 10.1. The number of aromatic nitrogens is 2. The van der Waals surface area contributed by atoms with Crippen molar-refractivity contribution in [3.05, 3.63) is 22.7 Å². The van der Waals surface area contributed by atoms with Crippen LogP contribution in [0.5, 0.6) is 0 Å². The first-order valence-electron chi connectivity index (χ1n) is 6.57. The van der Waals surface area contributed by atoms with Gasteiger partial charge in [0.1, 0.15) is 5.82 Å². The molecule has 1 aliphatic heterocycles. The normalized spacial score (nSPS) is 23.2. The fourth-order valence-corrected chi connectivity index (χ4v) is 3.37. The van der Waals surface area contributed by atoms with E-state index in [2.05, 4.69) is 14.9 Å². The molecule has 4 heteroatoms. The Morgan fingerprint density at radius 2 is 1.88 bits per heavy atom. The summed E-state index contributed by atoms with van der Waals surface area (Å²) >= 11 is 0. The third-order valence-electron chi connectivity index (χ3n) is 4.48. The van der Waals surface area contributed by atoms with E-state index in [-0.39, 0.29) is 5.56 Å². The molecular formula is C13H19N3O. The summed E-state index contributed by atoms with van der Waals surface area (Å²) < 4.78 is 0. The minimum atomic E-state index is -0.0591. The lowest BCUT2D eigenvalue weighted by molar-refractivity contribution is 0.226. The highest BCUT2D eigenvalue weighted by Gasteiger charge is 2.37. The minimum absolute atomic E-state index is 0.0591. The van der Waals surface area contributed by atoms with Gasteiger partial charge in [-0.3, -0.25) is 4.79 Å². The molecular weight excluding hydrogens is 214 g/mol. The van der Waals surface area contributed by atoms with E-state index in [1.807, 2.05) is 0 Å². The Morgan fingerprint density at radius 1 is 1.18 bits per heavy atom. The van der Waals surface area contributed by atoms with Crippen molar-refractivity contribution in [1.82, 2.24) is 9.97 Å². The molecule has 92 valence electrons. The molecule has 1 aromatic heterocycles. The van der Waals surface area contributed by atoms with Crippen LogP contribution in [0.2, 0.25) is 0 Å². The van der Waals surface area contributed by atoms with Crippen LogP contribution in [0.3, 0.4) is 0 Å². The van der Waals surface area contributed by atoms with Gasteiger partial charge in [0.2, 0.25) is 0 Å². The van der Waals surface area contributed by atoms with Crippen LogP contribution in [0.25, 0.3) is 0 Å². The Labute approximate surface area is 101 Å². The smallest absolute Gasteiger partial charge is 0.252 e. The summed E-state index contributed by atoms with van der Waals surface area (Å²) in [5.41, 5.74) is 0.564. The molecule has 17 heavy (non-hydrogen) atoms. The van der Waals surface area contributed by atoms with Crippen LogP contribution in [-0.2, 0) is 0 Å². The molecule has 1 N–H and O–H groups in total. The van der Waals surface area contributed by atoms with Gasteiger partial charge in [-0.05, 0) is 31.1 Å². The average Bonchev–Trinajstić information content (AvgIpc) is 2.79. The van der Waals surface area contributed by atoms with Crippen LogP contribution in [0.15, 0.2) is 17.2 Å². The molecule has 2 aliphatic rings. The van der Waals surface area contributed by atoms with Gasteiger partial charge in [-0.2, -0.15) is 0 Å². The maximum atomic E-state index is 11.3. The lowest BCUT2D eigenvalue weighted by atomic mass is 9.77. The average molecular weight is 233 g/mol. The summed E-state index contributed by atoms with van der Waals surface area (Å²) in [5, 5.41) is 0. The third kappa shape index (κ3) is 2.08. The Kier molecular flexibility index (Phi) is 2.65. The van der Waals surface area contributed by atoms with Crippen LogP contribution in [0.4, 0.5) is 5.82 Å². The van der Waals surface area contributed by atoms with Crippen LogP contribution in [0.1, 0.15) is 38.5 Å². The molecule has 1 aromatic rings. The summed E-state index contributed by atoms with van der Waals surface area (Å²) in [6.45, 7) is 2.10. The van der Waals surface area contributed by atoms with Gasteiger partial charge in [-0.25, -0.2) is 4.98 Å². The highest BCUT2D eigenvalue weighted by Crippen LogP contribution is 2.46. The van der Waals surface area contributed by atoms with Crippen molar-refractivity contribution in [2.45, 2.75) is 38.5 Å². The molecule has 0 amide bonds. The van der Waals surface area contributed by atoms with Gasteiger partial charge in [0.15, 0.2) is 0 Å². The first-order chi connectivity index (χ1) is 8.27. The number of anilines is 1. The number of hydrogen-bond donors (Lipinski definition) is 1. The van der Waals surface area contributed by atoms with E-state index in [1.54, 1.807) is 6.07 Å². The fraction of sp³-hybridized carbons (Fsp3) is 0.692. The van der Waals surface area contributed by atoms with Gasteiger partial charge in [0.25, 0.3) is 5.56 Å². The number of nitrogens with one attached hydrogen (secondary N) is 1. The summed E-state index contributed by atoms with van der Waals surface area (Å²) in [4.78, 5) is 20.3. The molecule has 2 heterocycles. The predicted octanol–water partition coefficient (Wildman–Crippen LogP) is 1.93. The van der Waals surface area contributed by atoms with E-state index in [0.29, 0.717) is 5.41 Å². The van der Waals surface area contributed by atoms with Crippen molar-refractivity contribution in [3.8, 4) is 0 Å². The molecule has 0 bridgehead atoms. The highest BCUT2D eigenvalue weighted by molar-refractivity contribution is 5.37. The molecule has 4 nitrogen and oxygen atoms in total. The first-order valence-corrected chi connectivity index (χ1v) is 6.57. The number of hydrogen-bond acceptors (Lipinski definition) is 3. The van der Waals surface area contributed by atoms with Gasteiger partial charge >= 0.3 is 0 Å². The van der Waals surface area contributed by atoms with Crippen LogP contribution >= 0.6 is 0 Å². The zero-order chi connectivity index (χ0) is 11.7. The quantitative estimate of drug-likeness (QED) is 0.806. The number of aromatic amines is 1. The molecule has 0 radical (unpaired) electrons. The second-order valence-corrected chi connectivity index (χ2v) is 5.46. The lowest BCUT2D eigenvalue weighted by Crippen LogP contribution is -2.39. The molecule has 1 aliphatic carbocycles. The van der Waals surface area contributed by atoms with Crippen LogP contribution < -0.4 is 10.5 Å². The van der Waals surface area contributed by atoms with Crippen LogP contribution in [-0.4, -0.2) is 23.1 Å². The summed E-state index contributed by atoms with van der Waals surface area (Å²) in [6, 6.07) is 1.60. The number of H-pyrrole nitrogens is 1. The van der Waals surface area contributed by atoms with Gasteiger partial charge in [0.05, 0.1) is 6.33 Å². The van der Waals surface area contributed by atoms with Crippen molar-refractivity contribution in [1.29, 1.82) is 0 Å². The van der Waals surface area contributed by atoms with Crippen molar-refractivity contribution >= 4 is 5.82 Å². The fourth-order valence-electron chi connectivity index (χ4n) is 3.37. The van der Waals surface area contributed by atoms with Crippen molar-refractivity contribution in [3.63, 3.8) is 0 Å². The molecule has 0 atom stereocenters. The molecule has 2 fully saturated rings. The van der Waals surface area contributed by atoms with E-state index < -0.39 is 0 Å². The van der Waals surface area contributed by atoms with E-state index in [1.165, 1.54) is 44.9 Å². The number of piperidine rings is 1. The van der Waals surface area contributed by atoms with Gasteiger partial charge in [0, 0.05) is 19.2 Å². The molecule has 1 spiro atoms. The van der Waals surface area contributed by atoms with E-state index in [4.69, 9.17) is 0 Å². The Balaban J connectivity index is 1.70. The first kappa shape index (κ1) is 10.8. The van der Waals surface area contributed by atoms with Gasteiger partial charge < -0.3 is 9.88 Å². The second kappa shape index (κ2) is 4.17.